The second kappa shape index (κ2) is 6.52. The van der Waals surface area contributed by atoms with Gasteiger partial charge in [-0.2, -0.15) is 0 Å². The van der Waals surface area contributed by atoms with Gasteiger partial charge in [0.25, 0.3) is 0 Å². The number of ether oxygens (including phenoxy) is 2. The van der Waals surface area contributed by atoms with Crippen molar-refractivity contribution in [2.75, 3.05) is 13.7 Å². The number of hydrogen-bond acceptors (Lipinski definition) is 3. The summed E-state index contributed by atoms with van der Waals surface area (Å²) in [4.78, 5) is 0. The molecule has 3 nitrogen and oxygen atoms in total. The van der Waals surface area contributed by atoms with E-state index in [1.54, 1.807) is 7.11 Å². The molecule has 0 aliphatic carbocycles. The summed E-state index contributed by atoms with van der Waals surface area (Å²) in [5, 5.41) is 0.447. The number of benzene rings is 1. The molecule has 1 aromatic carbocycles. The Balaban J connectivity index is 2.97. The summed E-state index contributed by atoms with van der Waals surface area (Å²) in [6, 6.07) is 5.79. The van der Waals surface area contributed by atoms with Crippen molar-refractivity contribution in [1.82, 2.24) is 0 Å². The molecule has 1 unspecified atom stereocenters. The molecule has 0 fully saturated rings. The number of para-hydroxylation sites is 1. The lowest BCUT2D eigenvalue weighted by atomic mass is 10.1. The van der Waals surface area contributed by atoms with Crippen LogP contribution < -0.4 is 15.2 Å². The fourth-order valence-corrected chi connectivity index (χ4v) is 1.60. The molecule has 17 heavy (non-hydrogen) atoms. The van der Waals surface area contributed by atoms with Gasteiger partial charge >= 0.3 is 0 Å². The fourth-order valence-electron chi connectivity index (χ4n) is 1.54. The second-order valence-corrected chi connectivity index (χ2v) is 4.47. The minimum absolute atomic E-state index is 0.0589. The van der Waals surface area contributed by atoms with Gasteiger partial charge in [-0.3, -0.25) is 0 Å². The molecule has 1 rings (SSSR count). The van der Waals surface area contributed by atoms with Crippen LogP contribution in [-0.2, 0) is 6.42 Å². The van der Waals surface area contributed by atoms with Crippen LogP contribution in [0, 0.1) is 0 Å². The third-order valence-electron chi connectivity index (χ3n) is 2.20. The van der Waals surface area contributed by atoms with Crippen molar-refractivity contribution in [3.05, 3.63) is 35.4 Å². The van der Waals surface area contributed by atoms with Gasteiger partial charge in [-0.25, -0.2) is 0 Å². The van der Waals surface area contributed by atoms with Crippen LogP contribution in [0.5, 0.6) is 11.5 Å². The van der Waals surface area contributed by atoms with E-state index < -0.39 is 0 Å². The van der Waals surface area contributed by atoms with Gasteiger partial charge in [0, 0.05) is 11.1 Å². The van der Waals surface area contributed by atoms with Crippen LogP contribution in [-0.4, -0.2) is 19.8 Å². The van der Waals surface area contributed by atoms with Gasteiger partial charge in [0.15, 0.2) is 11.5 Å². The number of halogens is 1. The van der Waals surface area contributed by atoms with E-state index in [1.165, 1.54) is 0 Å². The molecule has 2 N–H and O–H groups in total. The predicted octanol–water partition coefficient (Wildman–Crippen LogP) is 2.72. The van der Waals surface area contributed by atoms with Crippen LogP contribution in [0.4, 0.5) is 0 Å². The van der Waals surface area contributed by atoms with E-state index in [4.69, 9.17) is 26.8 Å². The zero-order valence-electron chi connectivity index (χ0n) is 10.2. The number of rotatable bonds is 6. The molecule has 0 aliphatic heterocycles. The Kier molecular flexibility index (Phi) is 5.32. The first kappa shape index (κ1) is 13.9. The Labute approximate surface area is 107 Å². The first-order valence-electron chi connectivity index (χ1n) is 5.42. The number of nitrogens with two attached hydrogens (primary N) is 1. The van der Waals surface area contributed by atoms with Crippen molar-refractivity contribution in [3.8, 4) is 11.5 Å². The van der Waals surface area contributed by atoms with Gasteiger partial charge < -0.3 is 15.2 Å². The van der Waals surface area contributed by atoms with Crippen molar-refractivity contribution in [2.45, 2.75) is 19.4 Å². The molecule has 1 aromatic rings. The Hall–Kier alpha value is -1.19. The quantitative estimate of drug-likeness (QED) is 0.850. The topological polar surface area (TPSA) is 44.5 Å². The smallest absolute Gasteiger partial charge is 0.164 e. The van der Waals surface area contributed by atoms with Gasteiger partial charge in [-0.05, 0) is 25.0 Å². The molecule has 0 bridgehead atoms. The van der Waals surface area contributed by atoms with Gasteiger partial charge in [0.2, 0.25) is 0 Å². The third-order valence-corrected chi connectivity index (χ3v) is 2.30. The summed E-state index contributed by atoms with van der Waals surface area (Å²) in [6.07, 6.45) is 0.724. The highest BCUT2D eigenvalue weighted by atomic mass is 35.5. The van der Waals surface area contributed by atoms with Gasteiger partial charge in [-0.1, -0.05) is 30.3 Å². The highest BCUT2D eigenvalue weighted by Crippen LogP contribution is 2.32. The normalized spacial score (nSPS) is 12.0. The summed E-state index contributed by atoms with van der Waals surface area (Å²) in [5.41, 5.74) is 6.81. The van der Waals surface area contributed by atoms with Crippen LogP contribution in [0.3, 0.4) is 0 Å². The van der Waals surface area contributed by atoms with E-state index in [-0.39, 0.29) is 12.6 Å². The minimum Gasteiger partial charge on any atom is -0.493 e. The van der Waals surface area contributed by atoms with Crippen molar-refractivity contribution in [3.63, 3.8) is 0 Å². The fraction of sp³-hybridized carbons (Fsp3) is 0.385. The maximum absolute atomic E-state index is 5.80. The molecule has 4 heteroatoms. The van der Waals surface area contributed by atoms with E-state index in [0.717, 1.165) is 12.0 Å². The Bertz CT molecular complexity index is 391. The molecule has 0 saturated carbocycles. The van der Waals surface area contributed by atoms with Crippen molar-refractivity contribution in [2.24, 2.45) is 5.73 Å². The van der Waals surface area contributed by atoms with Crippen molar-refractivity contribution >= 4 is 11.6 Å². The SMILES string of the molecule is C=C(Cl)COc1c(CC(C)N)cccc1OC. The molecule has 1 atom stereocenters. The van der Waals surface area contributed by atoms with E-state index in [0.29, 0.717) is 16.5 Å². The van der Waals surface area contributed by atoms with Crippen LogP contribution in [0.15, 0.2) is 29.8 Å². The molecule has 0 aromatic heterocycles. The molecule has 0 spiro atoms. The molecule has 0 heterocycles. The number of methoxy groups -OCH3 is 1. The summed E-state index contributed by atoms with van der Waals surface area (Å²) < 4.78 is 10.9. The summed E-state index contributed by atoms with van der Waals surface area (Å²) >= 11 is 5.70. The molecular formula is C13H18ClNO2. The van der Waals surface area contributed by atoms with Crippen LogP contribution in [0.2, 0.25) is 0 Å². The van der Waals surface area contributed by atoms with Gasteiger partial charge in [0.1, 0.15) is 6.61 Å². The van der Waals surface area contributed by atoms with E-state index in [1.807, 2.05) is 25.1 Å². The second-order valence-electron chi connectivity index (χ2n) is 3.94. The lowest BCUT2D eigenvalue weighted by molar-refractivity contribution is 0.320. The maximum atomic E-state index is 5.80. The average Bonchev–Trinajstić information content (AvgIpc) is 2.26. The summed E-state index contributed by atoms with van der Waals surface area (Å²) in [5.74, 6) is 1.37. The van der Waals surface area contributed by atoms with E-state index in [2.05, 4.69) is 6.58 Å². The standard InChI is InChI=1S/C13H18ClNO2/c1-9(14)8-17-13-11(7-10(2)15)5-4-6-12(13)16-3/h4-6,10H,1,7-8,15H2,2-3H3. The van der Waals surface area contributed by atoms with Crippen molar-refractivity contribution in [1.29, 1.82) is 0 Å². The van der Waals surface area contributed by atoms with Crippen LogP contribution in [0.25, 0.3) is 0 Å². The van der Waals surface area contributed by atoms with Gasteiger partial charge in [-0.15, -0.1) is 0 Å². The molecule has 0 saturated heterocycles. The zero-order chi connectivity index (χ0) is 12.8. The summed E-state index contributed by atoms with van der Waals surface area (Å²) in [6.45, 7) is 5.80. The highest BCUT2D eigenvalue weighted by molar-refractivity contribution is 6.29. The maximum Gasteiger partial charge on any atom is 0.164 e. The van der Waals surface area contributed by atoms with Gasteiger partial charge in [0.05, 0.1) is 7.11 Å². The van der Waals surface area contributed by atoms with E-state index in [9.17, 15) is 0 Å². The number of hydrogen-bond donors (Lipinski definition) is 1. The Morgan fingerprint density at radius 3 is 2.76 bits per heavy atom. The first-order valence-corrected chi connectivity index (χ1v) is 5.80. The molecular weight excluding hydrogens is 238 g/mol. The molecule has 0 radical (unpaired) electrons. The monoisotopic (exact) mass is 255 g/mol. The van der Waals surface area contributed by atoms with Crippen molar-refractivity contribution < 1.29 is 9.47 Å². The largest absolute Gasteiger partial charge is 0.493 e. The Morgan fingerprint density at radius 2 is 2.24 bits per heavy atom. The molecule has 94 valence electrons. The Morgan fingerprint density at radius 1 is 1.53 bits per heavy atom. The molecule has 0 amide bonds. The molecule has 0 aliphatic rings. The predicted molar refractivity (Wildman–Crippen MR) is 70.8 cm³/mol. The minimum atomic E-state index is 0.0589. The highest BCUT2D eigenvalue weighted by Gasteiger charge is 2.12. The lowest BCUT2D eigenvalue weighted by Crippen LogP contribution is -2.18. The first-order chi connectivity index (χ1) is 8.04. The third kappa shape index (κ3) is 4.29. The van der Waals surface area contributed by atoms with Crippen LogP contribution >= 0.6 is 11.6 Å². The van der Waals surface area contributed by atoms with E-state index >= 15 is 0 Å². The van der Waals surface area contributed by atoms with Crippen LogP contribution in [0.1, 0.15) is 12.5 Å². The summed E-state index contributed by atoms with van der Waals surface area (Å²) in [7, 11) is 1.60. The lowest BCUT2D eigenvalue weighted by Gasteiger charge is -2.15. The average molecular weight is 256 g/mol. The zero-order valence-corrected chi connectivity index (χ0v) is 11.0.